The zero-order valence-electron chi connectivity index (χ0n) is 18.0. The van der Waals surface area contributed by atoms with Crippen LogP contribution in [0.4, 0.5) is 10.1 Å². The number of rotatable bonds is 6. The van der Waals surface area contributed by atoms with Gasteiger partial charge in [0.25, 0.3) is 10.0 Å². The van der Waals surface area contributed by atoms with Crippen LogP contribution in [-0.4, -0.2) is 33.8 Å². The molecule has 0 unspecified atom stereocenters. The quantitative estimate of drug-likeness (QED) is 0.401. The fourth-order valence-corrected chi connectivity index (χ4v) is 5.41. The van der Waals surface area contributed by atoms with Crippen LogP contribution in [0.25, 0.3) is 0 Å². The number of carbonyl (C=O) groups excluding carboxylic acids is 2. The van der Waals surface area contributed by atoms with Gasteiger partial charge in [-0.05, 0) is 66.4 Å². The number of methoxy groups -OCH3 is 1. The molecule has 0 aliphatic carbocycles. The lowest BCUT2D eigenvalue weighted by Crippen LogP contribution is -2.35. The van der Waals surface area contributed by atoms with E-state index in [0.29, 0.717) is 35.3 Å². The molecule has 0 bridgehead atoms. The molecule has 0 atom stereocenters. The molecule has 0 N–H and O–H groups in total. The molecule has 33 heavy (non-hydrogen) atoms. The largest absolute Gasteiger partial charge is 0.465 e. The number of esters is 1. The number of sulfonamides is 1. The van der Waals surface area contributed by atoms with Gasteiger partial charge in [-0.2, -0.15) is 0 Å². The van der Waals surface area contributed by atoms with Gasteiger partial charge in [0, 0.05) is 18.5 Å². The summed E-state index contributed by atoms with van der Waals surface area (Å²) in [7, 11) is -2.58. The van der Waals surface area contributed by atoms with Crippen LogP contribution < -0.4 is 4.31 Å². The summed E-state index contributed by atoms with van der Waals surface area (Å²) in [4.78, 5) is 24.4. The van der Waals surface area contributed by atoms with Crippen molar-refractivity contribution in [2.24, 2.45) is 0 Å². The molecule has 0 aromatic heterocycles. The van der Waals surface area contributed by atoms with Crippen molar-refractivity contribution in [3.63, 3.8) is 0 Å². The SMILES string of the molecule is COC(=O)c1ccc(C(=O)Cc2ccc3c(c2)N(S(=O)(=O)c2ccc(F)cc2)CCC3)cc1. The lowest BCUT2D eigenvalue weighted by atomic mass is 9.97. The number of hydrogen-bond acceptors (Lipinski definition) is 5. The van der Waals surface area contributed by atoms with E-state index in [9.17, 15) is 22.4 Å². The monoisotopic (exact) mass is 467 g/mol. The highest BCUT2D eigenvalue weighted by Gasteiger charge is 2.29. The summed E-state index contributed by atoms with van der Waals surface area (Å²) in [6.07, 6.45) is 1.47. The number of nitrogens with zero attached hydrogens (tertiary/aromatic N) is 1. The highest BCUT2D eigenvalue weighted by Crippen LogP contribution is 2.33. The van der Waals surface area contributed by atoms with Crippen LogP contribution in [0.1, 0.15) is 38.3 Å². The molecule has 4 rings (SSSR count). The number of carbonyl (C=O) groups is 2. The molecule has 0 amide bonds. The average Bonchev–Trinajstić information content (AvgIpc) is 2.83. The Morgan fingerprint density at radius 1 is 0.970 bits per heavy atom. The third-order valence-electron chi connectivity index (χ3n) is 5.62. The lowest BCUT2D eigenvalue weighted by molar-refractivity contribution is 0.0600. The van der Waals surface area contributed by atoms with Gasteiger partial charge in [0.2, 0.25) is 0 Å². The Morgan fingerprint density at radius 2 is 1.64 bits per heavy atom. The van der Waals surface area contributed by atoms with Crippen LogP contribution in [0.3, 0.4) is 0 Å². The van der Waals surface area contributed by atoms with E-state index in [0.717, 1.165) is 24.1 Å². The highest BCUT2D eigenvalue weighted by atomic mass is 32.2. The number of fused-ring (bicyclic) bond motifs is 1. The smallest absolute Gasteiger partial charge is 0.337 e. The van der Waals surface area contributed by atoms with Crippen molar-refractivity contribution in [2.45, 2.75) is 24.2 Å². The van der Waals surface area contributed by atoms with Crippen LogP contribution >= 0.6 is 0 Å². The Morgan fingerprint density at radius 3 is 2.30 bits per heavy atom. The maximum atomic E-state index is 13.3. The van der Waals surface area contributed by atoms with Gasteiger partial charge >= 0.3 is 5.97 Å². The second-order valence-corrected chi connectivity index (χ2v) is 9.63. The molecule has 1 aliphatic rings. The first kappa shape index (κ1) is 22.7. The molecule has 0 saturated carbocycles. The fraction of sp³-hybridized carbons (Fsp3) is 0.200. The number of ether oxygens (including phenoxy) is 1. The number of aryl methyl sites for hydroxylation is 1. The summed E-state index contributed by atoms with van der Waals surface area (Å²) in [5.74, 6) is -1.14. The van der Waals surface area contributed by atoms with Gasteiger partial charge in [-0.25, -0.2) is 17.6 Å². The molecule has 1 aliphatic heterocycles. The summed E-state index contributed by atoms with van der Waals surface area (Å²) in [6.45, 7) is 0.305. The van der Waals surface area contributed by atoms with E-state index in [4.69, 9.17) is 0 Å². The van der Waals surface area contributed by atoms with Gasteiger partial charge in [0.15, 0.2) is 5.78 Å². The summed E-state index contributed by atoms with van der Waals surface area (Å²) in [6, 6.07) is 16.4. The Bertz CT molecular complexity index is 1300. The van der Waals surface area contributed by atoms with Crippen LogP contribution in [0, 0.1) is 5.82 Å². The van der Waals surface area contributed by atoms with Gasteiger partial charge in [-0.1, -0.05) is 24.3 Å². The minimum Gasteiger partial charge on any atom is -0.465 e. The maximum Gasteiger partial charge on any atom is 0.337 e. The normalized spacial score (nSPS) is 13.3. The van der Waals surface area contributed by atoms with Crippen LogP contribution in [0.5, 0.6) is 0 Å². The maximum absolute atomic E-state index is 13.3. The topological polar surface area (TPSA) is 80.8 Å². The first-order chi connectivity index (χ1) is 15.8. The van der Waals surface area contributed by atoms with E-state index in [1.165, 1.54) is 35.7 Å². The molecule has 6 nitrogen and oxygen atoms in total. The Hall–Kier alpha value is -3.52. The first-order valence-electron chi connectivity index (χ1n) is 10.4. The predicted molar refractivity (Wildman–Crippen MR) is 122 cm³/mol. The van der Waals surface area contributed by atoms with E-state index in [-0.39, 0.29) is 17.1 Å². The molecular weight excluding hydrogens is 445 g/mol. The number of Topliss-reactive ketones (excluding diaryl/α,β-unsaturated/α-hetero) is 1. The van der Waals surface area contributed by atoms with Crippen molar-refractivity contribution in [3.05, 3.63) is 94.8 Å². The van der Waals surface area contributed by atoms with Crippen molar-refractivity contribution >= 4 is 27.5 Å². The molecule has 0 radical (unpaired) electrons. The minimum atomic E-state index is -3.87. The zero-order valence-corrected chi connectivity index (χ0v) is 18.8. The molecular formula is C25H22FNO5S. The van der Waals surface area contributed by atoms with Gasteiger partial charge in [0.1, 0.15) is 5.82 Å². The highest BCUT2D eigenvalue weighted by molar-refractivity contribution is 7.92. The van der Waals surface area contributed by atoms with Crippen molar-refractivity contribution < 1.29 is 27.1 Å². The second-order valence-electron chi connectivity index (χ2n) is 7.77. The first-order valence-corrected chi connectivity index (χ1v) is 11.9. The van der Waals surface area contributed by atoms with Crippen LogP contribution in [0.2, 0.25) is 0 Å². The molecule has 3 aromatic carbocycles. The molecule has 3 aromatic rings. The van der Waals surface area contributed by atoms with E-state index in [1.807, 2.05) is 12.1 Å². The van der Waals surface area contributed by atoms with E-state index in [1.54, 1.807) is 18.2 Å². The van der Waals surface area contributed by atoms with Crippen molar-refractivity contribution in [1.82, 2.24) is 0 Å². The lowest BCUT2D eigenvalue weighted by Gasteiger charge is -2.31. The molecule has 170 valence electrons. The Kier molecular flexibility index (Phi) is 6.29. The van der Waals surface area contributed by atoms with E-state index in [2.05, 4.69) is 4.74 Å². The number of hydrogen-bond donors (Lipinski definition) is 0. The van der Waals surface area contributed by atoms with Crippen molar-refractivity contribution in [1.29, 1.82) is 0 Å². The molecule has 0 saturated heterocycles. The number of halogens is 1. The summed E-state index contributed by atoms with van der Waals surface area (Å²) in [5.41, 5.74) is 2.89. The van der Waals surface area contributed by atoms with Gasteiger partial charge in [-0.3, -0.25) is 9.10 Å². The van der Waals surface area contributed by atoms with Gasteiger partial charge in [0.05, 0.1) is 23.3 Å². The summed E-state index contributed by atoms with van der Waals surface area (Å²) in [5, 5.41) is 0. The van der Waals surface area contributed by atoms with Crippen LogP contribution in [-0.2, 0) is 27.6 Å². The number of anilines is 1. The van der Waals surface area contributed by atoms with E-state index < -0.39 is 21.8 Å². The molecule has 0 fully saturated rings. The Balaban J connectivity index is 1.60. The third kappa shape index (κ3) is 4.66. The van der Waals surface area contributed by atoms with Crippen molar-refractivity contribution in [2.75, 3.05) is 18.0 Å². The predicted octanol–water partition coefficient (Wildman–Crippen LogP) is 4.18. The summed E-state index contributed by atoms with van der Waals surface area (Å²) < 4.78 is 45.7. The van der Waals surface area contributed by atoms with Crippen LogP contribution in [0.15, 0.2) is 71.6 Å². The number of ketones is 1. The second kappa shape index (κ2) is 9.15. The third-order valence-corrected chi connectivity index (χ3v) is 7.45. The number of benzene rings is 3. The Labute approximate surface area is 191 Å². The standard InChI is InChI=1S/C25H22FNO5S/c1-32-25(29)20-8-6-19(7-9-20)24(28)16-17-4-5-18-3-2-14-27(23(18)15-17)33(30,31)22-12-10-21(26)11-13-22/h4-13,15H,2-3,14,16H2,1H3. The molecule has 1 heterocycles. The van der Waals surface area contributed by atoms with Crippen molar-refractivity contribution in [3.8, 4) is 0 Å². The van der Waals surface area contributed by atoms with E-state index >= 15 is 0 Å². The zero-order chi connectivity index (χ0) is 23.6. The molecule has 8 heteroatoms. The van der Waals surface area contributed by atoms with Gasteiger partial charge in [-0.15, -0.1) is 0 Å². The molecule has 0 spiro atoms. The minimum absolute atomic E-state index is 0.0175. The van der Waals surface area contributed by atoms with Gasteiger partial charge < -0.3 is 4.74 Å². The fourth-order valence-electron chi connectivity index (χ4n) is 3.88. The average molecular weight is 468 g/mol. The summed E-state index contributed by atoms with van der Waals surface area (Å²) >= 11 is 0.